The maximum Gasteiger partial charge on any atom is 0.266 e. The standard InChI is InChI=1S/C13H16N4O2S/c1-7-6-19-8(2)5-17(7)13(18)11-10(14)9-3-4-15-16-12(9)20-11/h3-4,7-8H,5-6,14H2,1-2H3. The van der Waals surface area contributed by atoms with Gasteiger partial charge in [0.25, 0.3) is 5.91 Å². The van der Waals surface area contributed by atoms with Crippen molar-refractivity contribution in [1.29, 1.82) is 0 Å². The fourth-order valence-electron chi connectivity index (χ4n) is 2.35. The molecular weight excluding hydrogens is 276 g/mol. The SMILES string of the molecule is CC1CN(C(=O)c2sc3nnccc3c2N)C(C)CO1. The summed E-state index contributed by atoms with van der Waals surface area (Å²) in [4.78, 5) is 15.8. The van der Waals surface area contributed by atoms with Gasteiger partial charge in [-0.15, -0.1) is 16.4 Å². The largest absolute Gasteiger partial charge is 0.397 e. The van der Waals surface area contributed by atoms with E-state index in [1.807, 2.05) is 18.7 Å². The molecule has 0 aliphatic carbocycles. The third kappa shape index (κ3) is 2.12. The van der Waals surface area contributed by atoms with Gasteiger partial charge in [-0.3, -0.25) is 4.79 Å². The van der Waals surface area contributed by atoms with Crippen LogP contribution in [-0.4, -0.2) is 46.3 Å². The molecule has 1 amide bonds. The number of amides is 1. The van der Waals surface area contributed by atoms with Gasteiger partial charge in [0.1, 0.15) is 9.71 Å². The molecular formula is C13H16N4O2S. The number of anilines is 1. The Hall–Kier alpha value is -1.73. The number of hydrogen-bond acceptors (Lipinski definition) is 6. The molecule has 3 heterocycles. The van der Waals surface area contributed by atoms with E-state index in [0.29, 0.717) is 28.5 Å². The van der Waals surface area contributed by atoms with Gasteiger partial charge in [-0.25, -0.2) is 0 Å². The van der Waals surface area contributed by atoms with Crippen molar-refractivity contribution in [3.05, 3.63) is 17.1 Å². The molecule has 7 heteroatoms. The predicted octanol–water partition coefficient (Wildman–Crippen LogP) is 1.52. The lowest BCUT2D eigenvalue weighted by Gasteiger charge is -2.36. The molecule has 2 aromatic heterocycles. The number of carbonyl (C=O) groups excluding carboxylic acids is 1. The summed E-state index contributed by atoms with van der Waals surface area (Å²) in [6.45, 7) is 5.08. The Morgan fingerprint density at radius 2 is 2.35 bits per heavy atom. The Morgan fingerprint density at radius 1 is 1.55 bits per heavy atom. The molecule has 0 spiro atoms. The number of aromatic nitrogens is 2. The summed E-state index contributed by atoms with van der Waals surface area (Å²) in [5.41, 5.74) is 6.59. The Bertz CT molecular complexity index is 657. The van der Waals surface area contributed by atoms with Crippen molar-refractivity contribution >= 4 is 33.1 Å². The van der Waals surface area contributed by atoms with Crippen LogP contribution in [0.3, 0.4) is 0 Å². The first-order valence-corrected chi connectivity index (χ1v) is 7.31. The topological polar surface area (TPSA) is 81.3 Å². The van der Waals surface area contributed by atoms with Gasteiger partial charge in [0.2, 0.25) is 0 Å². The molecule has 1 aliphatic heterocycles. The summed E-state index contributed by atoms with van der Waals surface area (Å²) < 4.78 is 5.55. The van der Waals surface area contributed by atoms with Crippen molar-refractivity contribution in [1.82, 2.24) is 15.1 Å². The first kappa shape index (κ1) is 13.3. The van der Waals surface area contributed by atoms with Crippen LogP contribution in [0.1, 0.15) is 23.5 Å². The van der Waals surface area contributed by atoms with Gasteiger partial charge in [-0.1, -0.05) is 0 Å². The first-order valence-electron chi connectivity index (χ1n) is 6.50. The second kappa shape index (κ2) is 4.99. The lowest BCUT2D eigenvalue weighted by Crippen LogP contribution is -2.50. The Kier molecular flexibility index (Phi) is 3.31. The zero-order chi connectivity index (χ0) is 14.3. The van der Waals surface area contributed by atoms with E-state index in [1.165, 1.54) is 11.3 Å². The molecule has 2 atom stereocenters. The minimum absolute atomic E-state index is 0.0468. The summed E-state index contributed by atoms with van der Waals surface area (Å²) >= 11 is 1.30. The predicted molar refractivity (Wildman–Crippen MR) is 77.7 cm³/mol. The molecule has 0 radical (unpaired) electrons. The lowest BCUT2D eigenvalue weighted by molar-refractivity contribution is -0.0385. The zero-order valence-corrected chi connectivity index (χ0v) is 12.2. The number of ether oxygens (including phenoxy) is 1. The number of carbonyl (C=O) groups is 1. The third-order valence-electron chi connectivity index (χ3n) is 3.48. The highest BCUT2D eigenvalue weighted by Gasteiger charge is 2.30. The molecule has 20 heavy (non-hydrogen) atoms. The molecule has 1 fully saturated rings. The lowest BCUT2D eigenvalue weighted by atomic mass is 10.2. The van der Waals surface area contributed by atoms with Gasteiger partial charge < -0.3 is 15.4 Å². The highest BCUT2D eigenvalue weighted by Crippen LogP contribution is 2.33. The summed E-state index contributed by atoms with van der Waals surface area (Å²) in [6.07, 6.45) is 1.63. The van der Waals surface area contributed by atoms with Crippen LogP contribution in [0.2, 0.25) is 0 Å². The zero-order valence-electron chi connectivity index (χ0n) is 11.4. The number of nitrogens with zero attached hydrogens (tertiary/aromatic N) is 3. The average molecular weight is 292 g/mol. The van der Waals surface area contributed by atoms with E-state index >= 15 is 0 Å². The molecule has 3 rings (SSSR count). The number of thiophene rings is 1. The average Bonchev–Trinajstić information content (AvgIpc) is 2.79. The highest BCUT2D eigenvalue weighted by atomic mass is 32.1. The first-order chi connectivity index (χ1) is 9.58. The number of rotatable bonds is 1. The monoisotopic (exact) mass is 292 g/mol. The van der Waals surface area contributed by atoms with Gasteiger partial charge in [-0.05, 0) is 19.9 Å². The fraction of sp³-hybridized carbons (Fsp3) is 0.462. The molecule has 0 bridgehead atoms. The molecule has 6 nitrogen and oxygen atoms in total. The molecule has 0 aromatic carbocycles. The maximum absolute atomic E-state index is 12.7. The van der Waals surface area contributed by atoms with Crippen LogP contribution in [-0.2, 0) is 4.74 Å². The smallest absolute Gasteiger partial charge is 0.266 e. The minimum Gasteiger partial charge on any atom is -0.397 e. The highest BCUT2D eigenvalue weighted by molar-refractivity contribution is 7.21. The van der Waals surface area contributed by atoms with Crippen LogP contribution < -0.4 is 5.73 Å². The minimum atomic E-state index is -0.0480. The number of nitrogen functional groups attached to an aromatic ring is 1. The van der Waals surface area contributed by atoms with Gasteiger partial charge in [0.15, 0.2) is 0 Å². The second-order valence-electron chi connectivity index (χ2n) is 5.05. The summed E-state index contributed by atoms with van der Waals surface area (Å²) in [5, 5.41) is 8.64. The quantitative estimate of drug-likeness (QED) is 0.862. The molecule has 1 saturated heterocycles. The number of morpholine rings is 1. The van der Waals surface area contributed by atoms with E-state index in [1.54, 1.807) is 12.3 Å². The van der Waals surface area contributed by atoms with Gasteiger partial charge in [0, 0.05) is 11.9 Å². The van der Waals surface area contributed by atoms with Crippen molar-refractivity contribution in [2.45, 2.75) is 26.0 Å². The number of hydrogen-bond donors (Lipinski definition) is 1. The van der Waals surface area contributed by atoms with E-state index in [9.17, 15) is 4.79 Å². The number of fused-ring (bicyclic) bond motifs is 1. The van der Waals surface area contributed by atoms with Crippen molar-refractivity contribution in [2.75, 3.05) is 18.9 Å². The third-order valence-corrected chi connectivity index (χ3v) is 4.58. The fourth-order valence-corrected chi connectivity index (χ4v) is 3.34. The Labute approximate surface area is 120 Å². The molecule has 2 unspecified atom stereocenters. The summed E-state index contributed by atoms with van der Waals surface area (Å²) in [5.74, 6) is -0.0480. The summed E-state index contributed by atoms with van der Waals surface area (Å²) in [6, 6.07) is 1.84. The van der Waals surface area contributed by atoms with Crippen molar-refractivity contribution in [2.24, 2.45) is 0 Å². The Balaban J connectivity index is 1.97. The van der Waals surface area contributed by atoms with Gasteiger partial charge in [0.05, 0.1) is 30.6 Å². The van der Waals surface area contributed by atoms with Crippen LogP contribution >= 0.6 is 11.3 Å². The van der Waals surface area contributed by atoms with E-state index < -0.39 is 0 Å². The van der Waals surface area contributed by atoms with Crippen molar-refractivity contribution in [3.8, 4) is 0 Å². The van der Waals surface area contributed by atoms with Crippen LogP contribution in [0.5, 0.6) is 0 Å². The molecule has 2 aromatic rings. The maximum atomic E-state index is 12.7. The van der Waals surface area contributed by atoms with Crippen LogP contribution in [0.25, 0.3) is 10.2 Å². The molecule has 2 N–H and O–H groups in total. The molecule has 0 saturated carbocycles. The van der Waals surface area contributed by atoms with Crippen LogP contribution in [0, 0.1) is 0 Å². The summed E-state index contributed by atoms with van der Waals surface area (Å²) in [7, 11) is 0. The van der Waals surface area contributed by atoms with Gasteiger partial charge in [-0.2, -0.15) is 5.10 Å². The molecule has 106 valence electrons. The Morgan fingerprint density at radius 3 is 3.10 bits per heavy atom. The number of nitrogens with two attached hydrogens (primary N) is 1. The van der Waals surface area contributed by atoms with E-state index in [-0.39, 0.29) is 18.1 Å². The van der Waals surface area contributed by atoms with Crippen molar-refractivity contribution < 1.29 is 9.53 Å². The van der Waals surface area contributed by atoms with Crippen LogP contribution in [0.15, 0.2) is 12.3 Å². The second-order valence-corrected chi connectivity index (χ2v) is 6.04. The normalized spacial score (nSPS) is 23.2. The van der Waals surface area contributed by atoms with E-state index in [4.69, 9.17) is 10.5 Å². The van der Waals surface area contributed by atoms with Crippen molar-refractivity contribution in [3.63, 3.8) is 0 Å². The van der Waals surface area contributed by atoms with E-state index in [2.05, 4.69) is 10.2 Å². The molecule has 1 aliphatic rings. The van der Waals surface area contributed by atoms with Crippen LogP contribution in [0.4, 0.5) is 5.69 Å². The van der Waals surface area contributed by atoms with E-state index in [0.717, 1.165) is 5.39 Å². The van der Waals surface area contributed by atoms with Gasteiger partial charge >= 0.3 is 0 Å².